The lowest BCUT2D eigenvalue weighted by Gasteiger charge is -2.21. The number of aromatic nitrogens is 2. The van der Waals surface area contributed by atoms with Crippen LogP contribution in [-0.4, -0.2) is 27.5 Å². The van der Waals surface area contributed by atoms with Crippen LogP contribution in [0.3, 0.4) is 0 Å². The highest BCUT2D eigenvalue weighted by atomic mass is 79.9. The highest BCUT2D eigenvalue weighted by Crippen LogP contribution is 2.27. The molecule has 0 unspecified atom stereocenters. The lowest BCUT2D eigenvalue weighted by molar-refractivity contribution is 0.0727. The molecule has 0 spiro atoms. The van der Waals surface area contributed by atoms with Crippen LogP contribution in [0, 0.1) is 5.82 Å². The number of carbonyl (C=O) groups is 1. The van der Waals surface area contributed by atoms with E-state index in [2.05, 4.69) is 26.1 Å². The first-order valence-electron chi connectivity index (χ1n) is 8.31. The molecule has 3 rings (SSSR count). The molecule has 0 aliphatic carbocycles. The maximum Gasteiger partial charge on any atom is 0.255 e. The van der Waals surface area contributed by atoms with Gasteiger partial charge in [0.2, 0.25) is 11.8 Å². The molecule has 0 aliphatic heterocycles. The van der Waals surface area contributed by atoms with Crippen molar-refractivity contribution in [2.45, 2.75) is 19.9 Å². The van der Waals surface area contributed by atoms with Crippen LogP contribution in [-0.2, 0) is 6.54 Å². The van der Waals surface area contributed by atoms with Gasteiger partial charge < -0.3 is 9.32 Å². The van der Waals surface area contributed by atoms with E-state index in [0.29, 0.717) is 21.6 Å². The summed E-state index contributed by atoms with van der Waals surface area (Å²) in [4.78, 5) is 14.4. The normalized spacial score (nSPS) is 10.8. The summed E-state index contributed by atoms with van der Waals surface area (Å²) in [5, 5.41) is 8.53. The summed E-state index contributed by atoms with van der Waals surface area (Å²) < 4.78 is 19.8. The fraction of sp³-hybridized carbons (Fsp3) is 0.211. The molecule has 0 bridgehead atoms. The van der Waals surface area contributed by atoms with Crippen LogP contribution in [0.2, 0.25) is 5.02 Å². The Morgan fingerprint density at radius 2 is 2.04 bits per heavy atom. The largest absolute Gasteiger partial charge is 0.419 e. The van der Waals surface area contributed by atoms with Gasteiger partial charge in [-0.25, -0.2) is 4.39 Å². The molecule has 5 nitrogen and oxygen atoms in total. The highest BCUT2D eigenvalue weighted by molar-refractivity contribution is 9.10. The summed E-state index contributed by atoms with van der Waals surface area (Å²) in [6.45, 7) is 2.53. The van der Waals surface area contributed by atoms with Crippen LogP contribution in [0.4, 0.5) is 4.39 Å². The minimum absolute atomic E-state index is 0.118. The van der Waals surface area contributed by atoms with Gasteiger partial charge in [-0.2, -0.15) is 0 Å². The first kappa shape index (κ1) is 19.5. The number of amides is 1. The average Bonchev–Trinajstić information content (AvgIpc) is 3.11. The second-order valence-corrected chi connectivity index (χ2v) is 7.09. The van der Waals surface area contributed by atoms with E-state index >= 15 is 0 Å². The second kappa shape index (κ2) is 8.63. The van der Waals surface area contributed by atoms with Crippen LogP contribution in [0.15, 0.2) is 51.4 Å². The number of rotatable bonds is 6. The van der Waals surface area contributed by atoms with Crippen molar-refractivity contribution in [2.75, 3.05) is 6.54 Å². The lowest BCUT2D eigenvalue weighted by atomic mass is 10.2. The van der Waals surface area contributed by atoms with Crippen LogP contribution in [0.5, 0.6) is 0 Å². The van der Waals surface area contributed by atoms with Gasteiger partial charge in [0, 0.05) is 11.0 Å². The molecule has 0 saturated heterocycles. The Morgan fingerprint density at radius 3 is 2.78 bits per heavy atom. The van der Waals surface area contributed by atoms with Crippen molar-refractivity contribution < 1.29 is 13.6 Å². The molecular formula is C19H16BrClFN3O2. The molecule has 0 saturated carbocycles. The lowest BCUT2D eigenvalue weighted by Crippen LogP contribution is -2.31. The van der Waals surface area contributed by atoms with Gasteiger partial charge in [0.1, 0.15) is 5.82 Å². The molecule has 27 heavy (non-hydrogen) atoms. The van der Waals surface area contributed by atoms with E-state index < -0.39 is 5.82 Å². The number of nitrogens with zero attached hydrogens (tertiary/aromatic N) is 3. The second-order valence-electron chi connectivity index (χ2n) is 5.83. The smallest absolute Gasteiger partial charge is 0.255 e. The quantitative estimate of drug-likeness (QED) is 0.506. The first-order chi connectivity index (χ1) is 13.0. The topological polar surface area (TPSA) is 59.2 Å². The van der Waals surface area contributed by atoms with Crippen molar-refractivity contribution in [1.82, 2.24) is 15.1 Å². The number of hydrogen-bond acceptors (Lipinski definition) is 4. The van der Waals surface area contributed by atoms with Gasteiger partial charge in [-0.15, -0.1) is 10.2 Å². The maximum atomic E-state index is 13.6. The third-order valence-electron chi connectivity index (χ3n) is 3.84. The average molecular weight is 453 g/mol. The zero-order valence-electron chi connectivity index (χ0n) is 14.5. The first-order valence-corrected chi connectivity index (χ1v) is 9.48. The third-order valence-corrected chi connectivity index (χ3v) is 4.86. The van der Waals surface area contributed by atoms with Crippen molar-refractivity contribution in [2.24, 2.45) is 0 Å². The number of benzene rings is 2. The Kier molecular flexibility index (Phi) is 6.23. The number of hydrogen-bond donors (Lipinski definition) is 0. The van der Waals surface area contributed by atoms with Crippen molar-refractivity contribution in [3.8, 4) is 11.5 Å². The van der Waals surface area contributed by atoms with Crippen LogP contribution in [0.25, 0.3) is 11.5 Å². The van der Waals surface area contributed by atoms with Gasteiger partial charge in [-0.3, -0.25) is 4.79 Å². The molecule has 8 heteroatoms. The summed E-state index contributed by atoms with van der Waals surface area (Å²) in [5.41, 5.74) is 0.869. The molecule has 2 aromatic carbocycles. The molecule has 0 fully saturated rings. The van der Waals surface area contributed by atoms with Gasteiger partial charge in [0.05, 0.1) is 22.7 Å². The summed E-state index contributed by atoms with van der Waals surface area (Å²) in [7, 11) is 0. The molecule has 3 aromatic rings. The molecule has 0 radical (unpaired) electrons. The van der Waals surface area contributed by atoms with E-state index in [1.54, 1.807) is 17.0 Å². The minimum atomic E-state index is -0.475. The highest BCUT2D eigenvalue weighted by Gasteiger charge is 2.21. The van der Waals surface area contributed by atoms with Crippen molar-refractivity contribution in [1.29, 1.82) is 0 Å². The van der Waals surface area contributed by atoms with Crippen molar-refractivity contribution in [3.05, 3.63) is 69.2 Å². The summed E-state index contributed by atoms with van der Waals surface area (Å²) >= 11 is 9.45. The van der Waals surface area contributed by atoms with Gasteiger partial charge in [-0.05, 0) is 52.7 Å². The van der Waals surface area contributed by atoms with E-state index in [9.17, 15) is 9.18 Å². The van der Waals surface area contributed by atoms with Crippen LogP contribution in [0.1, 0.15) is 29.6 Å². The Hall–Kier alpha value is -2.25. The van der Waals surface area contributed by atoms with E-state index in [1.165, 1.54) is 18.2 Å². The Labute approximate surface area is 169 Å². The standard InChI is InChI=1S/C19H16BrClFN3O2/c1-2-9-25(19(26)14-10-12(22)7-8-15(14)20)11-17-23-24-18(27-17)13-5-3-4-6-16(13)21/h3-8,10H,2,9,11H2,1H3. The van der Waals surface area contributed by atoms with Gasteiger partial charge in [0.15, 0.2) is 0 Å². The zero-order chi connectivity index (χ0) is 19.4. The van der Waals surface area contributed by atoms with Gasteiger partial charge in [-0.1, -0.05) is 30.7 Å². The number of halogens is 3. The SMILES string of the molecule is CCCN(Cc1nnc(-c2ccccc2Cl)o1)C(=O)c1cc(F)ccc1Br. The summed E-state index contributed by atoms with van der Waals surface area (Å²) in [6, 6.07) is 11.1. The van der Waals surface area contributed by atoms with Gasteiger partial charge in [0.25, 0.3) is 5.91 Å². The summed E-state index contributed by atoms with van der Waals surface area (Å²) in [6.07, 6.45) is 0.726. The molecule has 1 amide bonds. The molecule has 1 aromatic heterocycles. The van der Waals surface area contributed by atoms with E-state index in [1.807, 2.05) is 19.1 Å². The van der Waals surface area contributed by atoms with Crippen molar-refractivity contribution in [3.63, 3.8) is 0 Å². The maximum absolute atomic E-state index is 13.6. The number of carbonyl (C=O) groups excluding carboxylic acids is 1. The molecule has 0 atom stereocenters. The van der Waals surface area contributed by atoms with Crippen molar-refractivity contribution >= 4 is 33.4 Å². The molecule has 0 N–H and O–H groups in total. The Morgan fingerprint density at radius 1 is 1.26 bits per heavy atom. The third kappa shape index (κ3) is 4.54. The molecular weight excluding hydrogens is 437 g/mol. The Balaban J connectivity index is 1.84. The fourth-order valence-corrected chi connectivity index (χ4v) is 3.21. The predicted molar refractivity (Wildman–Crippen MR) is 104 cm³/mol. The zero-order valence-corrected chi connectivity index (χ0v) is 16.8. The fourth-order valence-electron chi connectivity index (χ4n) is 2.58. The van der Waals surface area contributed by atoms with Crippen LogP contribution < -0.4 is 0 Å². The van der Waals surface area contributed by atoms with Gasteiger partial charge >= 0.3 is 0 Å². The van der Waals surface area contributed by atoms with Crippen LogP contribution >= 0.6 is 27.5 Å². The predicted octanol–water partition coefficient (Wildman–Crippen LogP) is 5.34. The summed E-state index contributed by atoms with van der Waals surface area (Å²) in [5.74, 6) is -0.233. The molecule has 140 valence electrons. The van der Waals surface area contributed by atoms with E-state index in [0.717, 1.165) is 6.42 Å². The minimum Gasteiger partial charge on any atom is -0.419 e. The Bertz CT molecular complexity index is 964. The monoisotopic (exact) mass is 451 g/mol. The van der Waals surface area contributed by atoms with E-state index in [4.69, 9.17) is 16.0 Å². The molecule has 1 heterocycles. The molecule has 0 aliphatic rings. The van der Waals surface area contributed by atoms with E-state index in [-0.39, 0.29) is 29.8 Å².